The first-order valence-electron chi connectivity index (χ1n) is 8.90. The number of benzene rings is 1. The van der Waals surface area contributed by atoms with Crippen molar-refractivity contribution in [2.75, 3.05) is 27.2 Å². The fraction of sp³-hybridized carbons (Fsp3) is 0.579. The lowest BCUT2D eigenvalue weighted by atomic mass is 9.82. The van der Waals surface area contributed by atoms with Crippen LogP contribution in [0, 0.1) is 0 Å². The van der Waals surface area contributed by atoms with E-state index in [0.29, 0.717) is 12.0 Å². The SMILES string of the molecule is CCNC(=NCC(=O)N(C)C)NC1CCC(c2ccccc2)CC1. The number of amides is 1. The number of carbonyl (C=O) groups is 1. The third-order valence-electron chi connectivity index (χ3n) is 4.55. The number of hydrogen-bond acceptors (Lipinski definition) is 2. The molecule has 0 unspecified atom stereocenters. The average molecular weight is 330 g/mol. The number of likely N-dealkylation sites (N-methyl/N-ethyl adjacent to an activating group) is 1. The van der Waals surface area contributed by atoms with Crippen molar-refractivity contribution in [3.63, 3.8) is 0 Å². The molecule has 0 radical (unpaired) electrons. The molecule has 1 saturated carbocycles. The molecule has 0 spiro atoms. The summed E-state index contributed by atoms with van der Waals surface area (Å²) in [5, 5.41) is 6.73. The van der Waals surface area contributed by atoms with E-state index in [0.717, 1.165) is 25.3 Å². The van der Waals surface area contributed by atoms with Crippen LogP contribution < -0.4 is 10.6 Å². The first-order chi connectivity index (χ1) is 11.6. The van der Waals surface area contributed by atoms with Crippen molar-refractivity contribution in [3.05, 3.63) is 35.9 Å². The molecule has 5 heteroatoms. The lowest BCUT2D eigenvalue weighted by Gasteiger charge is -2.30. The van der Waals surface area contributed by atoms with Crippen LogP contribution in [0.4, 0.5) is 0 Å². The van der Waals surface area contributed by atoms with Gasteiger partial charge in [0.25, 0.3) is 0 Å². The van der Waals surface area contributed by atoms with E-state index >= 15 is 0 Å². The normalized spacial score (nSPS) is 21.2. The predicted molar refractivity (Wildman–Crippen MR) is 99.2 cm³/mol. The van der Waals surface area contributed by atoms with Crippen molar-refractivity contribution in [1.82, 2.24) is 15.5 Å². The maximum atomic E-state index is 11.7. The second kappa shape index (κ2) is 9.30. The number of rotatable bonds is 5. The van der Waals surface area contributed by atoms with Crippen LogP contribution in [0.3, 0.4) is 0 Å². The summed E-state index contributed by atoms with van der Waals surface area (Å²) in [6, 6.07) is 11.2. The lowest BCUT2D eigenvalue weighted by Crippen LogP contribution is -2.45. The first kappa shape index (κ1) is 18.3. The van der Waals surface area contributed by atoms with E-state index < -0.39 is 0 Å². The molecule has 0 bridgehead atoms. The zero-order valence-electron chi connectivity index (χ0n) is 15.1. The standard InChI is InChI=1S/C19H30N4O/c1-4-20-19(21-14-18(24)23(2)3)22-17-12-10-16(11-13-17)15-8-6-5-7-9-15/h5-9,16-17H,4,10-14H2,1-3H3,(H2,20,21,22). The Morgan fingerprint density at radius 3 is 2.42 bits per heavy atom. The van der Waals surface area contributed by atoms with Crippen LogP contribution >= 0.6 is 0 Å². The molecule has 0 heterocycles. The van der Waals surface area contributed by atoms with Crippen LogP contribution in [0.15, 0.2) is 35.3 Å². The average Bonchev–Trinajstić information content (AvgIpc) is 2.61. The molecule has 0 atom stereocenters. The molecule has 0 saturated heterocycles. The molecule has 1 fully saturated rings. The molecular formula is C19H30N4O. The van der Waals surface area contributed by atoms with Crippen LogP contribution in [0.2, 0.25) is 0 Å². The molecule has 5 nitrogen and oxygen atoms in total. The van der Waals surface area contributed by atoms with Crippen molar-refractivity contribution >= 4 is 11.9 Å². The Labute approximate surface area is 145 Å². The topological polar surface area (TPSA) is 56.7 Å². The van der Waals surface area contributed by atoms with Crippen LogP contribution in [-0.2, 0) is 4.79 Å². The molecule has 1 aromatic carbocycles. The van der Waals surface area contributed by atoms with Gasteiger partial charge in [0.1, 0.15) is 6.54 Å². The number of hydrogen-bond donors (Lipinski definition) is 2. The minimum Gasteiger partial charge on any atom is -0.357 e. The van der Waals surface area contributed by atoms with Gasteiger partial charge in [0.2, 0.25) is 5.91 Å². The van der Waals surface area contributed by atoms with Gasteiger partial charge in [0, 0.05) is 26.7 Å². The monoisotopic (exact) mass is 330 g/mol. The number of guanidine groups is 1. The minimum atomic E-state index is 0.0139. The molecule has 24 heavy (non-hydrogen) atoms. The van der Waals surface area contributed by atoms with Gasteiger partial charge in [-0.2, -0.15) is 0 Å². The second-order valence-corrected chi connectivity index (χ2v) is 6.59. The largest absolute Gasteiger partial charge is 0.357 e. The highest BCUT2D eigenvalue weighted by molar-refractivity contribution is 5.84. The highest BCUT2D eigenvalue weighted by Crippen LogP contribution is 2.32. The van der Waals surface area contributed by atoms with Gasteiger partial charge in [0.15, 0.2) is 5.96 Å². The summed E-state index contributed by atoms with van der Waals surface area (Å²) in [6.07, 6.45) is 4.65. The number of aliphatic imine (C=N–C) groups is 1. The van der Waals surface area contributed by atoms with E-state index in [2.05, 4.69) is 46.0 Å². The van der Waals surface area contributed by atoms with Crippen LogP contribution in [0.25, 0.3) is 0 Å². The van der Waals surface area contributed by atoms with Crippen molar-refractivity contribution < 1.29 is 4.79 Å². The summed E-state index contributed by atoms with van der Waals surface area (Å²) in [6.45, 7) is 3.01. The van der Waals surface area contributed by atoms with E-state index in [4.69, 9.17) is 0 Å². The van der Waals surface area contributed by atoms with Gasteiger partial charge in [0.05, 0.1) is 0 Å². The Hall–Kier alpha value is -2.04. The quantitative estimate of drug-likeness (QED) is 0.644. The maximum Gasteiger partial charge on any atom is 0.243 e. The first-order valence-corrected chi connectivity index (χ1v) is 8.90. The van der Waals surface area contributed by atoms with E-state index in [1.54, 1.807) is 19.0 Å². The van der Waals surface area contributed by atoms with Crippen molar-refractivity contribution in [1.29, 1.82) is 0 Å². The Bertz CT molecular complexity index is 534. The molecule has 1 aliphatic carbocycles. The van der Waals surface area contributed by atoms with Crippen LogP contribution in [0.1, 0.15) is 44.1 Å². The number of carbonyl (C=O) groups excluding carboxylic acids is 1. The molecule has 1 aliphatic rings. The lowest BCUT2D eigenvalue weighted by molar-refractivity contribution is -0.127. The third kappa shape index (κ3) is 5.55. The fourth-order valence-electron chi connectivity index (χ4n) is 3.10. The molecule has 0 aromatic heterocycles. The Kier molecular flexibility index (Phi) is 7.09. The molecule has 0 aliphatic heterocycles. The molecule has 2 rings (SSSR count). The second-order valence-electron chi connectivity index (χ2n) is 6.59. The molecule has 2 N–H and O–H groups in total. The zero-order valence-corrected chi connectivity index (χ0v) is 15.1. The summed E-state index contributed by atoms with van der Waals surface area (Å²) in [5.74, 6) is 1.43. The van der Waals surface area contributed by atoms with Crippen molar-refractivity contribution in [2.24, 2.45) is 4.99 Å². The van der Waals surface area contributed by atoms with Crippen molar-refractivity contribution in [3.8, 4) is 0 Å². The van der Waals surface area contributed by atoms with E-state index in [-0.39, 0.29) is 12.5 Å². The minimum absolute atomic E-state index is 0.0139. The summed E-state index contributed by atoms with van der Waals surface area (Å²) in [5.41, 5.74) is 1.45. The van der Waals surface area contributed by atoms with Gasteiger partial charge >= 0.3 is 0 Å². The smallest absolute Gasteiger partial charge is 0.243 e. The van der Waals surface area contributed by atoms with E-state index in [1.165, 1.54) is 18.4 Å². The highest BCUT2D eigenvalue weighted by atomic mass is 16.2. The third-order valence-corrected chi connectivity index (χ3v) is 4.55. The van der Waals surface area contributed by atoms with Gasteiger partial charge in [-0.3, -0.25) is 4.79 Å². The summed E-state index contributed by atoms with van der Waals surface area (Å²) in [4.78, 5) is 17.7. The maximum absolute atomic E-state index is 11.7. The van der Waals surface area contributed by atoms with Gasteiger partial charge in [-0.25, -0.2) is 4.99 Å². The summed E-state index contributed by atoms with van der Waals surface area (Å²) >= 11 is 0. The summed E-state index contributed by atoms with van der Waals surface area (Å²) in [7, 11) is 3.51. The zero-order chi connectivity index (χ0) is 17.4. The Morgan fingerprint density at radius 2 is 1.83 bits per heavy atom. The molecule has 1 amide bonds. The van der Waals surface area contributed by atoms with Gasteiger partial charge < -0.3 is 15.5 Å². The van der Waals surface area contributed by atoms with Gasteiger partial charge in [-0.15, -0.1) is 0 Å². The fourth-order valence-corrected chi connectivity index (χ4v) is 3.10. The van der Waals surface area contributed by atoms with Crippen molar-refractivity contribution in [2.45, 2.75) is 44.6 Å². The number of nitrogens with one attached hydrogen (secondary N) is 2. The van der Waals surface area contributed by atoms with Gasteiger partial charge in [-0.1, -0.05) is 30.3 Å². The highest BCUT2D eigenvalue weighted by Gasteiger charge is 2.22. The molecule has 132 valence electrons. The molecule has 1 aromatic rings. The van der Waals surface area contributed by atoms with Crippen LogP contribution in [-0.4, -0.2) is 50.0 Å². The summed E-state index contributed by atoms with van der Waals surface area (Å²) < 4.78 is 0. The molecular weight excluding hydrogens is 300 g/mol. The van der Waals surface area contributed by atoms with E-state index in [1.807, 2.05) is 6.92 Å². The Balaban J connectivity index is 1.85. The van der Waals surface area contributed by atoms with E-state index in [9.17, 15) is 4.79 Å². The predicted octanol–water partition coefficient (Wildman–Crippen LogP) is 2.36. The van der Waals surface area contributed by atoms with Crippen LogP contribution in [0.5, 0.6) is 0 Å². The Morgan fingerprint density at radius 1 is 1.17 bits per heavy atom. The van der Waals surface area contributed by atoms with Gasteiger partial charge in [-0.05, 0) is 44.1 Å². The number of nitrogens with zero attached hydrogens (tertiary/aromatic N) is 2.